The van der Waals surface area contributed by atoms with Gasteiger partial charge >= 0.3 is 5.97 Å². The number of fused-ring (bicyclic) bond motifs is 2. The highest BCUT2D eigenvalue weighted by molar-refractivity contribution is 8.93. The molecule has 122 valence electrons. The smallest absolute Gasteiger partial charge is 0.316 e. The van der Waals surface area contributed by atoms with E-state index in [-0.39, 0.29) is 35.7 Å². The maximum absolute atomic E-state index is 12.4. The second-order valence-corrected chi connectivity index (χ2v) is 6.23. The minimum atomic E-state index is -0.566. The van der Waals surface area contributed by atoms with Gasteiger partial charge in [-0.05, 0) is 38.3 Å². The highest BCUT2D eigenvalue weighted by atomic mass is 79.9. The minimum absolute atomic E-state index is 0. The molecule has 0 aromatic heterocycles. The van der Waals surface area contributed by atoms with E-state index >= 15 is 0 Å². The van der Waals surface area contributed by atoms with Crippen LogP contribution in [0.2, 0.25) is 0 Å². The molecular formula is C17H24BrNO3. The van der Waals surface area contributed by atoms with E-state index in [1.807, 2.05) is 30.3 Å². The predicted molar refractivity (Wildman–Crippen MR) is 90.3 cm³/mol. The number of ether oxygens (including phenoxy) is 1. The molecule has 2 aliphatic heterocycles. The van der Waals surface area contributed by atoms with Crippen molar-refractivity contribution in [2.24, 2.45) is 0 Å². The molecule has 0 saturated carbocycles. The van der Waals surface area contributed by atoms with Crippen molar-refractivity contribution in [2.75, 3.05) is 13.7 Å². The van der Waals surface area contributed by atoms with Crippen LogP contribution in [0.5, 0.6) is 0 Å². The Bertz CT molecular complexity index is 482. The van der Waals surface area contributed by atoms with Crippen molar-refractivity contribution in [3.8, 4) is 0 Å². The number of aliphatic hydroxyl groups is 1. The molecule has 22 heavy (non-hydrogen) atoms. The summed E-state index contributed by atoms with van der Waals surface area (Å²) in [6.45, 7) is -0.206. The van der Waals surface area contributed by atoms with Gasteiger partial charge in [-0.25, -0.2) is 0 Å². The van der Waals surface area contributed by atoms with E-state index in [1.54, 1.807) is 0 Å². The number of hydrogen-bond acceptors (Lipinski definition) is 4. The molecule has 1 N–H and O–H groups in total. The lowest BCUT2D eigenvalue weighted by atomic mass is 9.98. The zero-order chi connectivity index (χ0) is 14.8. The van der Waals surface area contributed by atoms with Crippen LogP contribution in [0.3, 0.4) is 0 Å². The van der Waals surface area contributed by atoms with Gasteiger partial charge in [0.05, 0.1) is 6.61 Å². The molecule has 2 bridgehead atoms. The van der Waals surface area contributed by atoms with Gasteiger partial charge in [-0.3, -0.25) is 4.79 Å². The number of aliphatic hydroxyl groups excluding tert-OH is 1. The van der Waals surface area contributed by atoms with Crippen LogP contribution >= 0.6 is 17.0 Å². The Morgan fingerprint density at radius 2 is 1.86 bits per heavy atom. The van der Waals surface area contributed by atoms with Gasteiger partial charge in [-0.2, -0.15) is 0 Å². The number of halogens is 1. The molecular weight excluding hydrogens is 346 g/mol. The number of piperidine rings is 1. The summed E-state index contributed by atoms with van der Waals surface area (Å²) in [7, 11) is 2.17. The minimum Gasteiger partial charge on any atom is -0.462 e. The van der Waals surface area contributed by atoms with E-state index < -0.39 is 5.92 Å². The predicted octanol–water partition coefficient (Wildman–Crippen LogP) is 2.51. The number of carbonyl (C=O) groups is 1. The third kappa shape index (κ3) is 3.53. The Labute approximate surface area is 142 Å². The van der Waals surface area contributed by atoms with Crippen molar-refractivity contribution >= 4 is 23.0 Å². The van der Waals surface area contributed by atoms with Gasteiger partial charge < -0.3 is 14.7 Å². The monoisotopic (exact) mass is 369 g/mol. The van der Waals surface area contributed by atoms with Gasteiger partial charge in [0, 0.05) is 12.1 Å². The fraction of sp³-hybridized carbons (Fsp3) is 0.588. The second-order valence-electron chi connectivity index (χ2n) is 6.23. The van der Waals surface area contributed by atoms with E-state index in [1.165, 1.54) is 12.8 Å². The Morgan fingerprint density at radius 3 is 2.41 bits per heavy atom. The van der Waals surface area contributed by atoms with E-state index in [0.717, 1.165) is 18.4 Å². The summed E-state index contributed by atoms with van der Waals surface area (Å²) in [4.78, 5) is 14.8. The lowest BCUT2D eigenvalue weighted by Crippen LogP contribution is -2.43. The van der Waals surface area contributed by atoms with E-state index in [4.69, 9.17) is 4.74 Å². The number of nitrogens with zero attached hydrogens (tertiary/aromatic N) is 1. The van der Waals surface area contributed by atoms with Crippen LogP contribution in [0.25, 0.3) is 0 Å². The summed E-state index contributed by atoms with van der Waals surface area (Å²) in [5.41, 5.74) is 0.820. The first-order valence-electron chi connectivity index (χ1n) is 7.77. The maximum atomic E-state index is 12.4. The van der Waals surface area contributed by atoms with Crippen molar-refractivity contribution in [1.29, 1.82) is 0 Å². The Morgan fingerprint density at radius 1 is 1.27 bits per heavy atom. The van der Waals surface area contributed by atoms with Gasteiger partial charge in [0.25, 0.3) is 0 Å². The fourth-order valence-electron chi connectivity index (χ4n) is 3.71. The number of benzene rings is 1. The SMILES string of the molecule is Br.CN1[C@@H]2CC[C@H]1CC(OC(=O)C(CO)c1ccccc1)C2. The van der Waals surface area contributed by atoms with Gasteiger partial charge in [-0.1, -0.05) is 30.3 Å². The van der Waals surface area contributed by atoms with Gasteiger partial charge in [-0.15, -0.1) is 17.0 Å². The number of hydrogen-bond donors (Lipinski definition) is 1. The van der Waals surface area contributed by atoms with Crippen molar-refractivity contribution in [1.82, 2.24) is 4.90 Å². The number of rotatable bonds is 4. The Hall–Kier alpha value is -0.910. The van der Waals surface area contributed by atoms with Gasteiger partial charge in [0.2, 0.25) is 0 Å². The maximum Gasteiger partial charge on any atom is 0.316 e. The van der Waals surface area contributed by atoms with Crippen LogP contribution in [-0.4, -0.2) is 47.8 Å². The van der Waals surface area contributed by atoms with Crippen LogP contribution in [0.15, 0.2) is 30.3 Å². The number of carbonyl (C=O) groups excluding carboxylic acids is 1. The van der Waals surface area contributed by atoms with Crippen molar-refractivity contribution < 1.29 is 14.6 Å². The zero-order valence-corrected chi connectivity index (χ0v) is 14.6. The van der Waals surface area contributed by atoms with Gasteiger partial charge in [0.1, 0.15) is 12.0 Å². The summed E-state index contributed by atoms with van der Waals surface area (Å²) in [6.07, 6.45) is 4.26. The Balaban J connectivity index is 0.00000176. The van der Waals surface area contributed by atoms with Crippen LogP contribution in [0.1, 0.15) is 37.2 Å². The molecule has 3 rings (SSSR count). The van der Waals surface area contributed by atoms with Gasteiger partial charge in [0.15, 0.2) is 0 Å². The molecule has 0 spiro atoms. The fourth-order valence-corrected chi connectivity index (χ4v) is 3.71. The van der Waals surface area contributed by atoms with Crippen LogP contribution in [0.4, 0.5) is 0 Å². The summed E-state index contributed by atoms with van der Waals surface area (Å²) in [5, 5.41) is 9.53. The molecule has 2 saturated heterocycles. The van der Waals surface area contributed by atoms with E-state index in [9.17, 15) is 9.90 Å². The molecule has 1 aromatic rings. The van der Waals surface area contributed by atoms with Crippen LogP contribution in [-0.2, 0) is 9.53 Å². The first kappa shape index (κ1) is 17.4. The first-order chi connectivity index (χ1) is 10.2. The highest BCUT2D eigenvalue weighted by Gasteiger charge is 2.40. The normalized spacial score (nSPS) is 28.7. The molecule has 2 unspecified atom stereocenters. The molecule has 2 fully saturated rings. The third-order valence-electron chi connectivity index (χ3n) is 5.01. The van der Waals surface area contributed by atoms with Crippen molar-refractivity contribution in [2.45, 2.75) is 49.8 Å². The van der Waals surface area contributed by atoms with Crippen LogP contribution in [0, 0.1) is 0 Å². The molecule has 0 aliphatic carbocycles. The summed E-state index contributed by atoms with van der Waals surface area (Å²) < 4.78 is 5.70. The third-order valence-corrected chi connectivity index (χ3v) is 5.01. The first-order valence-corrected chi connectivity index (χ1v) is 7.77. The second kappa shape index (κ2) is 7.57. The summed E-state index contributed by atoms with van der Waals surface area (Å²) >= 11 is 0. The van der Waals surface area contributed by atoms with E-state index in [2.05, 4.69) is 11.9 Å². The average Bonchev–Trinajstić information content (AvgIpc) is 2.72. The highest BCUT2D eigenvalue weighted by Crippen LogP contribution is 2.36. The quantitative estimate of drug-likeness (QED) is 0.828. The van der Waals surface area contributed by atoms with Crippen LogP contribution < -0.4 is 0 Å². The van der Waals surface area contributed by atoms with Crippen molar-refractivity contribution in [3.05, 3.63) is 35.9 Å². The standard InChI is InChI=1S/C17H23NO3.BrH/c1-18-13-7-8-14(18)10-15(9-13)21-17(20)16(11-19)12-5-3-2-4-6-12;/h2-6,13-16,19H,7-11H2,1H3;1H/t13-,14+,15?,16?;. The average molecular weight is 370 g/mol. The number of esters is 1. The molecule has 2 aliphatic rings. The molecule has 0 radical (unpaired) electrons. The molecule has 4 nitrogen and oxygen atoms in total. The molecule has 4 atom stereocenters. The summed E-state index contributed by atoms with van der Waals surface area (Å²) in [6, 6.07) is 10.5. The molecule has 1 aromatic carbocycles. The molecule has 5 heteroatoms. The van der Waals surface area contributed by atoms with E-state index in [0.29, 0.717) is 12.1 Å². The largest absolute Gasteiger partial charge is 0.462 e. The lowest BCUT2D eigenvalue weighted by Gasteiger charge is -2.36. The molecule has 2 heterocycles. The lowest BCUT2D eigenvalue weighted by molar-refractivity contribution is -0.155. The molecule has 0 amide bonds. The topological polar surface area (TPSA) is 49.8 Å². The Kier molecular flexibility index (Phi) is 6.01. The zero-order valence-electron chi connectivity index (χ0n) is 12.9. The summed E-state index contributed by atoms with van der Waals surface area (Å²) in [5.74, 6) is -0.860. The van der Waals surface area contributed by atoms with Crippen molar-refractivity contribution in [3.63, 3.8) is 0 Å².